The molecule has 2 aliphatic heterocycles. The first-order valence-corrected chi connectivity index (χ1v) is 4.00. The van der Waals surface area contributed by atoms with E-state index in [4.69, 9.17) is 9.47 Å². The zero-order valence-electron chi connectivity index (χ0n) is 6.43. The Hall–Kier alpha value is -0.0800. The van der Waals surface area contributed by atoms with Crippen LogP contribution in [0, 0.1) is 5.41 Å². The van der Waals surface area contributed by atoms with Gasteiger partial charge < -0.3 is 9.47 Å². The van der Waals surface area contributed by atoms with Crippen LogP contribution in [0.15, 0.2) is 0 Å². The highest BCUT2D eigenvalue weighted by molar-refractivity contribution is 4.89. The van der Waals surface area contributed by atoms with Gasteiger partial charge in [-0.1, -0.05) is 0 Å². The minimum absolute atomic E-state index is 0.456. The fourth-order valence-electron chi connectivity index (χ4n) is 1.90. The summed E-state index contributed by atoms with van der Waals surface area (Å²) in [6.45, 7) is 5.03. The molecular formula is C8H14O2. The molecule has 0 N–H and O–H groups in total. The Kier molecular flexibility index (Phi) is 1.46. The van der Waals surface area contributed by atoms with Gasteiger partial charge in [0.2, 0.25) is 0 Å². The Balaban J connectivity index is 1.96. The molecule has 0 aromatic rings. The van der Waals surface area contributed by atoms with E-state index in [2.05, 4.69) is 6.92 Å². The van der Waals surface area contributed by atoms with Crippen molar-refractivity contribution in [2.75, 3.05) is 19.8 Å². The van der Waals surface area contributed by atoms with Crippen molar-refractivity contribution < 1.29 is 9.47 Å². The molecule has 0 radical (unpaired) electrons. The van der Waals surface area contributed by atoms with Crippen molar-refractivity contribution in [1.82, 2.24) is 0 Å². The molecule has 1 atom stereocenters. The van der Waals surface area contributed by atoms with Crippen molar-refractivity contribution in [3.05, 3.63) is 0 Å². The van der Waals surface area contributed by atoms with Gasteiger partial charge in [-0.05, 0) is 19.8 Å². The molecule has 2 aliphatic rings. The minimum Gasteiger partial charge on any atom is -0.380 e. The van der Waals surface area contributed by atoms with Gasteiger partial charge in [0.25, 0.3) is 0 Å². The monoisotopic (exact) mass is 142 g/mol. The zero-order valence-corrected chi connectivity index (χ0v) is 6.43. The topological polar surface area (TPSA) is 18.5 Å². The van der Waals surface area contributed by atoms with Gasteiger partial charge in [0.05, 0.1) is 19.3 Å². The van der Waals surface area contributed by atoms with E-state index in [-0.39, 0.29) is 0 Å². The standard InChI is InChI=1S/C8H14O2/c1-7-4-8(2-3-10-7)5-9-6-8/h7H,2-6H2,1H3. The van der Waals surface area contributed by atoms with Gasteiger partial charge >= 0.3 is 0 Å². The maximum absolute atomic E-state index is 5.45. The third-order valence-corrected chi connectivity index (χ3v) is 2.57. The normalized spacial score (nSPS) is 37.5. The predicted octanol–water partition coefficient (Wildman–Crippen LogP) is 1.20. The maximum atomic E-state index is 5.45. The second-order valence-electron chi connectivity index (χ2n) is 3.63. The van der Waals surface area contributed by atoms with Crippen LogP contribution in [-0.2, 0) is 9.47 Å². The molecule has 0 amide bonds. The molecule has 0 aliphatic carbocycles. The second-order valence-corrected chi connectivity index (χ2v) is 3.63. The lowest BCUT2D eigenvalue weighted by atomic mass is 9.76. The summed E-state index contributed by atoms with van der Waals surface area (Å²) >= 11 is 0. The van der Waals surface area contributed by atoms with Gasteiger partial charge in [0, 0.05) is 12.0 Å². The summed E-state index contributed by atoms with van der Waals surface area (Å²) < 4.78 is 10.7. The maximum Gasteiger partial charge on any atom is 0.0554 e. The van der Waals surface area contributed by atoms with Crippen molar-refractivity contribution in [2.45, 2.75) is 25.9 Å². The summed E-state index contributed by atoms with van der Waals surface area (Å²) in [5, 5.41) is 0. The molecule has 2 heteroatoms. The third-order valence-electron chi connectivity index (χ3n) is 2.57. The predicted molar refractivity (Wildman–Crippen MR) is 37.9 cm³/mol. The summed E-state index contributed by atoms with van der Waals surface area (Å²) in [5.41, 5.74) is 0.525. The van der Waals surface area contributed by atoms with E-state index >= 15 is 0 Å². The SMILES string of the molecule is CC1CC2(CCO1)COC2. The van der Waals surface area contributed by atoms with E-state index in [0.29, 0.717) is 11.5 Å². The first-order valence-electron chi connectivity index (χ1n) is 4.00. The average molecular weight is 142 g/mol. The van der Waals surface area contributed by atoms with Crippen LogP contribution in [0.2, 0.25) is 0 Å². The van der Waals surface area contributed by atoms with Gasteiger partial charge in [-0.15, -0.1) is 0 Å². The molecule has 0 saturated carbocycles. The minimum atomic E-state index is 0.456. The fourth-order valence-corrected chi connectivity index (χ4v) is 1.90. The Labute approximate surface area is 61.5 Å². The molecule has 1 unspecified atom stereocenters. The lowest BCUT2D eigenvalue weighted by molar-refractivity contribution is -0.174. The van der Waals surface area contributed by atoms with Crippen molar-refractivity contribution in [3.63, 3.8) is 0 Å². The molecule has 0 bridgehead atoms. The fraction of sp³-hybridized carbons (Fsp3) is 1.00. The lowest BCUT2D eigenvalue weighted by Gasteiger charge is -2.46. The summed E-state index contributed by atoms with van der Waals surface area (Å²) in [6, 6.07) is 0. The number of rotatable bonds is 0. The van der Waals surface area contributed by atoms with Gasteiger partial charge in [-0.25, -0.2) is 0 Å². The molecule has 0 aromatic heterocycles. The van der Waals surface area contributed by atoms with Crippen LogP contribution in [0.25, 0.3) is 0 Å². The van der Waals surface area contributed by atoms with Gasteiger partial charge in [-0.3, -0.25) is 0 Å². The van der Waals surface area contributed by atoms with Crippen molar-refractivity contribution in [2.24, 2.45) is 5.41 Å². The Morgan fingerprint density at radius 2 is 2.20 bits per heavy atom. The van der Waals surface area contributed by atoms with Gasteiger partial charge in [0.1, 0.15) is 0 Å². The number of ether oxygens (including phenoxy) is 2. The molecule has 10 heavy (non-hydrogen) atoms. The van der Waals surface area contributed by atoms with Crippen molar-refractivity contribution in [1.29, 1.82) is 0 Å². The van der Waals surface area contributed by atoms with Crippen LogP contribution >= 0.6 is 0 Å². The van der Waals surface area contributed by atoms with Crippen LogP contribution in [0.4, 0.5) is 0 Å². The van der Waals surface area contributed by atoms with E-state index in [0.717, 1.165) is 19.8 Å². The van der Waals surface area contributed by atoms with Crippen LogP contribution in [-0.4, -0.2) is 25.9 Å². The average Bonchev–Trinajstić information content (AvgIpc) is 1.85. The highest BCUT2D eigenvalue weighted by Crippen LogP contribution is 2.39. The van der Waals surface area contributed by atoms with Gasteiger partial charge in [0.15, 0.2) is 0 Å². The summed E-state index contributed by atoms with van der Waals surface area (Å²) in [5.74, 6) is 0. The van der Waals surface area contributed by atoms with Crippen molar-refractivity contribution >= 4 is 0 Å². The highest BCUT2D eigenvalue weighted by atomic mass is 16.5. The molecule has 2 rings (SSSR count). The molecule has 2 saturated heterocycles. The quantitative estimate of drug-likeness (QED) is 0.506. The van der Waals surface area contributed by atoms with E-state index < -0.39 is 0 Å². The largest absolute Gasteiger partial charge is 0.380 e. The number of hydrogen-bond acceptors (Lipinski definition) is 2. The molecule has 58 valence electrons. The van der Waals surface area contributed by atoms with Crippen LogP contribution in [0.5, 0.6) is 0 Å². The second kappa shape index (κ2) is 2.21. The number of hydrogen-bond donors (Lipinski definition) is 0. The molecule has 1 spiro atoms. The van der Waals surface area contributed by atoms with E-state index in [1.54, 1.807) is 0 Å². The molecule has 2 fully saturated rings. The highest BCUT2D eigenvalue weighted by Gasteiger charge is 2.41. The summed E-state index contributed by atoms with van der Waals surface area (Å²) in [4.78, 5) is 0. The third kappa shape index (κ3) is 0.956. The summed E-state index contributed by atoms with van der Waals surface area (Å²) in [6.07, 6.45) is 2.86. The van der Waals surface area contributed by atoms with Crippen LogP contribution in [0.3, 0.4) is 0 Å². The van der Waals surface area contributed by atoms with Crippen LogP contribution < -0.4 is 0 Å². The zero-order chi connectivity index (χ0) is 7.03. The van der Waals surface area contributed by atoms with E-state index in [1.165, 1.54) is 12.8 Å². The molecule has 0 aromatic carbocycles. The van der Waals surface area contributed by atoms with Crippen molar-refractivity contribution in [3.8, 4) is 0 Å². The first kappa shape index (κ1) is 6.62. The molecular weight excluding hydrogens is 128 g/mol. The molecule has 2 nitrogen and oxygen atoms in total. The van der Waals surface area contributed by atoms with E-state index in [9.17, 15) is 0 Å². The summed E-state index contributed by atoms with van der Waals surface area (Å²) in [7, 11) is 0. The Morgan fingerprint density at radius 1 is 1.40 bits per heavy atom. The van der Waals surface area contributed by atoms with Crippen LogP contribution in [0.1, 0.15) is 19.8 Å². The smallest absolute Gasteiger partial charge is 0.0554 e. The Morgan fingerprint density at radius 3 is 2.60 bits per heavy atom. The lowest BCUT2D eigenvalue weighted by Crippen LogP contribution is -2.48. The molecule has 2 heterocycles. The first-order chi connectivity index (χ1) is 4.81. The van der Waals surface area contributed by atoms with Gasteiger partial charge in [-0.2, -0.15) is 0 Å². The van der Waals surface area contributed by atoms with E-state index in [1.807, 2.05) is 0 Å². The Bertz CT molecular complexity index is 129.